The van der Waals surface area contributed by atoms with E-state index >= 15 is 0 Å². The molecule has 0 heterocycles. The predicted molar refractivity (Wildman–Crippen MR) is 86.7 cm³/mol. The summed E-state index contributed by atoms with van der Waals surface area (Å²) in [6.07, 6.45) is -0.145. The highest BCUT2D eigenvalue weighted by molar-refractivity contribution is 5.81. The van der Waals surface area contributed by atoms with Crippen LogP contribution in [0.25, 0.3) is 0 Å². The van der Waals surface area contributed by atoms with E-state index in [0.717, 1.165) is 0 Å². The number of nitrogens with one attached hydrogen (secondary N) is 1. The summed E-state index contributed by atoms with van der Waals surface area (Å²) in [4.78, 5) is 26.1. The Hall–Kier alpha value is -1.30. The van der Waals surface area contributed by atoms with Crippen LogP contribution in [0.15, 0.2) is 0 Å². The summed E-state index contributed by atoms with van der Waals surface area (Å²) in [5, 5.41) is 2.62. The quantitative estimate of drug-likeness (QED) is 0.731. The molecule has 0 bridgehead atoms. The van der Waals surface area contributed by atoms with Crippen molar-refractivity contribution < 1.29 is 19.1 Å². The van der Waals surface area contributed by atoms with Gasteiger partial charge in [0.2, 0.25) is 0 Å². The van der Waals surface area contributed by atoms with E-state index < -0.39 is 23.7 Å². The Morgan fingerprint density at radius 1 is 1.14 bits per heavy atom. The molecule has 0 aromatic rings. The molecule has 0 spiro atoms. The number of alkyl carbamates (subject to hydrolysis) is 1. The van der Waals surface area contributed by atoms with Gasteiger partial charge < -0.3 is 19.7 Å². The average Bonchev–Trinajstić information content (AvgIpc) is 2.32. The first kappa shape index (κ1) is 20.7. The molecular weight excluding hydrogens is 284 g/mol. The molecule has 1 amide bonds. The molecule has 2 unspecified atom stereocenters. The summed E-state index contributed by atoms with van der Waals surface area (Å²) < 4.78 is 10.5. The van der Waals surface area contributed by atoms with Crippen molar-refractivity contribution in [2.75, 3.05) is 20.7 Å². The van der Waals surface area contributed by atoms with Gasteiger partial charge in [-0.3, -0.25) is 0 Å². The first-order valence-corrected chi connectivity index (χ1v) is 7.75. The summed E-state index contributed by atoms with van der Waals surface area (Å²) in [6, 6.07) is -0.600. The van der Waals surface area contributed by atoms with Gasteiger partial charge in [0.15, 0.2) is 0 Å². The summed E-state index contributed by atoms with van der Waals surface area (Å²) >= 11 is 0. The van der Waals surface area contributed by atoms with Crippen LogP contribution in [0.3, 0.4) is 0 Å². The maximum atomic E-state index is 12.2. The van der Waals surface area contributed by atoms with E-state index in [-0.39, 0.29) is 12.0 Å². The fourth-order valence-corrected chi connectivity index (χ4v) is 1.57. The number of hydrogen-bond donors (Lipinski definition) is 1. The highest BCUT2D eigenvalue weighted by Gasteiger charge is 2.27. The van der Waals surface area contributed by atoms with E-state index in [0.29, 0.717) is 13.0 Å². The Morgan fingerprint density at radius 2 is 1.68 bits per heavy atom. The summed E-state index contributed by atoms with van der Waals surface area (Å²) in [6.45, 7) is 11.6. The Morgan fingerprint density at radius 3 is 2.09 bits per heavy atom. The summed E-state index contributed by atoms with van der Waals surface area (Å²) in [5.74, 6) is -0.175. The number of rotatable bonds is 7. The first-order chi connectivity index (χ1) is 9.92. The third kappa shape index (κ3) is 9.60. The van der Waals surface area contributed by atoms with E-state index in [2.05, 4.69) is 5.32 Å². The lowest BCUT2D eigenvalue weighted by atomic mass is 10.1. The van der Waals surface area contributed by atoms with Gasteiger partial charge in [0, 0.05) is 6.04 Å². The molecule has 0 aliphatic rings. The number of hydrogen-bond acceptors (Lipinski definition) is 5. The molecule has 6 heteroatoms. The Bertz CT molecular complexity index is 362. The molecule has 2 atom stereocenters. The second-order valence-corrected chi connectivity index (χ2v) is 7.27. The van der Waals surface area contributed by atoms with Gasteiger partial charge in [0.1, 0.15) is 11.6 Å². The molecule has 0 aliphatic heterocycles. The minimum Gasteiger partial charge on any atom is -0.464 e. The molecule has 0 aromatic heterocycles. The fraction of sp³-hybridized carbons (Fsp3) is 0.875. The topological polar surface area (TPSA) is 67.9 Å². The number of carbonyl (C=O) groups excluding carboxylic acids is 2. The maximum Gasteiger partial charge on any atom is 0.408 e. The third-order valence-corrected chi connectivity index (χ3v) is 2.99. The molecule has 0 rings (SSSR count). The third-order valence-electron chi connectivity index (χ3n) is 2.99. The lowest BCUT2D eigenvalue weighted by Crippen LogP contribution is -2.47. The van der Waals surface area contributed by atoms with Crippen molar-refractivity contribution in [3.8, 4) is 0 Å². The van der Waals surface area contributed by atoms with Gasteiger partial charge in [-0.2, -0.15) is 0 Å². The van der Waals surface area contributed by atoms with Crippen LogP contribution < -0.4 is 5.32 Å². The Kier molecular flexibility index (Phi) is 8.45. The zero-order valence-corrected chi connectivity index (χ0v) is 15.2. The van der Waals surface area contributed by atoms with Gasteiger partial charge in [0.05, 0.1) is 6.61 Å². The second-order valence-electron chi connectivity index (χ2n) is 7.27. The van der Waals surface area contributed by atoms with Crippen LogP contribution in [0.4, 0.5) is 4.79 Å². The Balaban J connectivity index is 4.78. The molecule has 1 N–H and O–H groups in total. The number of nitrogens with zero attached hydrogens (tertiary/aromatic N) is 1. The van der Waals surface area contributed by atoms with Crippen molar-refractivity contribution in [1.29, 1.82) is 0 Å². The van der Waals surface area contributed by atoms with Gasteiger partial charge in [-0.1, -0.05) is 13.8 Å². The van der Waals surface area contributed by atoms with Crippen LogP contribution in [0.1, 0.15) is 48.0 Å². The van der Waals surface area contributed by atoms with E-state index in [9.17, 15) is 9.59 Å². The van der Waals surface area contributed by atoms with Gasteiger partial charge in [-0.05, 0) is 54.1 Å². The second kappa shape index (κ2) is 8.98. The summed E-state index contributed by atoms with van der Waals surface area (Å²) in [7, 11) is 3.85. The number of ether oxygens (including phenoxy) is 2. The number of amides is 1. The molecule has 6 nitrogen and oxygen atoms in total. The largest absolute Gasteiger partial charge is 0.464 e. The van der Waals surface area contributed by atoms with Crippen LogP contribution in [0.5, 0.6) is 0 Å². The zero-order valence-electron chi connectivity index (χ0n) is 15.2. The monoisotopic (exact) mass is 316 g/mol. The smallest absolute Gasteiger partial charge is 0.408 e. The van der Waals surface area contributed by atoms with Gasteiger partial charge in [-0.15, -0.1) is 0 Å². The lowest BCUT2D eigenvalue weighted by Gasteiger charge is -2.27. The standard InChI is InChI=1S/C16H32N2O4/c1-11(2)10-21-14(19)13(9-12(3)18(7)8)17-15(20)22-16(4,5)6/h11-13H,9-10H2,1-8H3,(H,17,20). The Labute approximate surface area is 134 Å². The molecule has 0 aliphatic carbocycles. The molecular formula is C16H32N2O4. The van der Waals surface area contributed by atoms with E-state index in [4.69, 9.17) is 9.47 Å². The molecule has 0 radical (unpaired) electrons. The van der Waals surface area contributed by atoms with Gasteiger partial charge in [0.25, 0.3) is 0 Å². The van der Waals surface area contributed by atoms with Crippen LogP contribution in [-0.2, 0) is 14.3 Å². The van der Waals surface area contributed by atoms with Crippen LogP contribution >= 0.6 is 0 Å². The molecule has 0 saturated carbocycles. The fourth-order valence-electron chi connectivity index (χ4n) is 1.57. The van der Waals surface area contributed by atoms with Crippen LogP contribution in [0, 0.1) is 5.92 Å². The highest BCUT2D eigenvalue weighted by Crippen LogP contribution is 2.10. The lowest BCUT2D eigenvalue weighted by molar-refractivity contribution is -0.147. The molecule has 0 aromatic carbocycles. The summed E-state index contributed by atoms with van der Waals surface area (Å²) in [5.41, 5.74) is -0.608. The van der Waals surface area contributed by atoms with Crippen molar-refractivity contribution >= 4 is 12.1 Å². The van der Waals surface area contributed by atoms with Crippen molar-refractivity contribution in [2.45, 2.75) is 65.6 Å². The van der Waals surface area contributed by atoms with E-state index in [1.165, 1.54) is 0 Å². The average molecular weight is 316 g/mol. The van der Waals surface area contributed by atoms with Gasteiger partial charge in [-0.25, -0.2) is 9.59 Å². The SMILES string of the molecule is CC(C)COC(=O)C(CC(C)N(C)C)NC(=O)OC(C)(C)C. The molecule has 22 heavy (non-hydrogen) atoms. The highest BCUT2D eigenvalue weighted by atomic mass is 16.6. The minimum absolute atomic E-state index is 0.117. The van der Waals surface area contributed by atoms with Crippen molar-refractivity contribution in [3.63, 3.8) is 0 Å². The maximum absolute atomic E-state index is 12.2. The molecule has 0 saturated heterocycles. The number of carbonyl (C=O) groups is 2. The van der Waals surface area contributed by atoms with E-state index in [1.807, 2.05) is 39.8 Å². The molecule has 130 valence electrons. The van der Waals surface area contributed by atoms with Crippen molar-refractivity contribution in [3.05, 3.63) is 0 Å². The van der Waals surface area contributed by atoms with Crippen LogP contribution in [0.2, 0.25) is 0 Å². The zero-order chi connectivity index (χ0) is 17.5. The minimum atomic E-state index is -0.717. The van der Waals surface area contributed by atoms with Crippen molar-refractivity contribution in [1.82, 2.24) is 10.2 Å². The number of esters is 1. The predicted octanol–water partition coefficient (Wildman–Crippen LogP) is 2.42. The normalized spacial score (nSPS) is 14.6. The van der Waals surface area contributed by atoms with Crippen molar-refractivity contribution in [2.24, 2.45) is 5.92 Å². The van der Waals surface area contributed by atoms with Gasteiger partial charge >= 0.3 is 12.1 Å². The molecule has 0 fully saturated rings. The first-order valence-electron chi connectivity index (χ1n) is 7.75. The van der Waals surface area contributed by atoms with E-state index in [1.54, 1.807) is 20.8 Å². The van der Waals surface area contributed by atoms with Crippen LogP contribution in [-0.4, -0.2) is 55.3 Å².